The molecule has 0 spiro atoms. The minimum atomic E-state index is 0.150. The number of rotatable bonds is 5. The summed E-state index contributed by atoms with van der Waals surface area (Å²) in [5.41, 5.74) is 6.46. The Morgan fingerprint density at radius 1 is 1.46 bits per heavy atom. The van der Waals surface area contributed by atoms with E-state index >= 15 is 0 Å². The van der Waals surface area contributed by atoms with Crippen LogP contribution < -0.4 is 11.1 Å². The summed E-state index contributed by atoms with van der Waals surface area (Å²) in [7, 11) is 0. The average Bonchev–Trinajstić information content (AvgIpc) is 2.81. The van der Waals surface area contributed by atoms with Gasteiger partial charge in [-0.3, -0.25) is 0 Å². The van der Waals surface area contributed by atoms with Gasteiger partial charge in [-0.25, -0.2) is 0 Å². The predicted octanol–water partition coefficient (Wildman–Crippen LogP) is 1.75. The molecule has 0 amide bonds. The summed E-state index contributed by atoms with van der Waals surface area (Å²) in [4.78, 5) is 0. The van der Waals surface area contributed by atoms with Crippen LogP contribution >= 0.6 is 0 Å². The number of hydrogen-bond donors (Lipinski definition) is 2. The Bertz CT molecular complexity index is 173. The monoisotopic (exact) mass is 184 g/mol. The van der Waals surface area contributed by atoms with Crippen LogP contribution in [0.5, 0.6) is 0 Å². The molecule has 3 N–H and O–H groups in total. The molecule has 78 valence electrons. The van der Waals surface area contributed by atoms with E-state index in [9.17, 15) is 0 Å². The topological polar surface area (TPSA) is 38.0 Å². The van der Waals surface area contributed by atoms with E-state index in [1.54, 1.807) is 0 Å². The minimum absolute atomic E-state index is 0.150. The van der Waals surface area contributed by atoms with E-state index in [0.717, 1.165) is 13.1 Å². The van der Waals surface area contributed by atoms with Gasteiger partial charge in [0.15, 0.2) is 0 Å². The molecule has 1 atom stereocenters. The summed E-state index contributed by atoms with van der Waals surface area (Å²) in [5.74, 6) is 0.702. The number of nitrogens with one attached hydrogen (secondary N) is 1. The van der Waals surface area contributed by atoms with Crippen molar-refractivity contribution in [3.05, 3.63) is 0 Å². The van der Waals surface area contributed by atoms with Gasteiger partial charge in [0.05, 0.1) is 0 Å². The van der Waals surface area contributed by atoms with Crippen LogP contribution in [0.4, 0.5) is 0 Å². The molecule has 0 radical (unpaired) electrons. The fourth-order valence-electron chi connectivity index (χ4n) is 1.70. The smallest absolute Gasteiger partial charge is 0.0329 e. The van der Waals surface area contributed by atoms with Crippen LogP contribution in [0.15, 0.2) is 0 Å². The maximum atomic E-state index is 5.86. The Morgan fingerprint density at radius 2 is 2.00 bits per heavy atom. The van der Waals surface area contributed by atoms with E-state index in [-0.39, 0.29) is 5.54 Å². The minimum Gasteiger partial charge on any atom is -0.329 e. The van der Waals surface area contributed by atoms with E-state index in [4.69, 9.17) is 5.73 Å². The molecule has 0 aromatic rings. The van der Waals surface area contributed by atoms with Crippen LogP contribution in [0.3, 0.4) is 0 Å². The van der Waals surface area contributed by atoms with Gasteiger partial charge >= 0.3 is 0 Å². The Kier molecular flexibility index (Phi) is 3.03. The third kappa shape index (κ3) is 2.23. The Hall–Kier alpha value is -0.0800. The molecular weight excluding hydrogens is 160 g/mol. The highest BCUT2D eigenvalue weighted by Crippen LogP contribution is 2.53. The van der Waals surface area contributed by atoms with Crippen molar-refractivity contribution in [1.29, 1.82) is 0 Å². The van der Waals surface area contributed by atoms with Crippen molar-refractivity contribution in [2.24, 2.45) is 17.1 Å². The zero-order chi connectivity index (χ0) is 10.1. The maximum absolute atomic E-state index is 5.86. The van der Waals surface area contributed by atoms with E-state index in [1.165, 1.54) is 12.8 Å². The van der Waals surface area contributed by atoms with Crippen LogP contribution in [0, 0.1) is 11.3 Å². The van der Waals surface area contributed by atoms with Gasteiger partial charge in [0.2, 0.25) is 0 Å². The molecule has 1 saturated carbocycles. The van der Waals surface area contributed by atoms with Crippen LogP contribution in [0.1, 0.15) is 40.5 Å². The highest BCUT2D eigenvalue weighted by molar-refractivity contribution is 5.08. The molecule has 1 rings (SSSR count). The van der Waals surface area contributed by atoms with Gasteiger partial charge in [-0.15, -0.1) is 0 Å². The summed E-state index contributed by atoms with van der Waals surface area (Å²) in [6.45, 7) is 10.9. The predicted molar refractivity (Wildman–Crippen MR) is 57.6 cm³/mol. The zero-order valence-electron chi connectivity index (χ0n) is 9.48. The lowest BCUT2D eigenvalue weighted by atomic mass is 9.83. The molecule has 13 heavy (non-hydrogen) atoms. The molecule has 1 fully saturated rings. The molecule has 1 aliphatic rings. The molecule has 0 heterocycles. The van der Waals surface area contributed by atoms with Crippen molar-refractivity contribution in [3.8, 4) is 0 Å². The second kappa shape index (κ2) is 3.58. The molecule has 0 aromatic heterocycles. The third-order valence-corrected chi connectivity index (χ3v) is 3.64. The molecule has 1 aliphatic carbocycles. The summed E-state index contributed by atoms with van der Waals surface area (Å²) < 4.78 is 0. The molecular formula is C11H24N2. The maximum Gasteiger partial charge on any atom is 0.0329 e. The van der Waals surface area contributed by atoms with Gasteiger partial charge in [-0.05, 0) is 37.6 Å². The second-order valence-electron chi connectivity index (χ2n) is 5.37. The molecule has 0 aliphatic heterocycles. The standard InChI is InChI=1S/C11H24N2/c1-9(2)7-13-11(4,8-12)10(3)5-6-10/h9,13H,5-8,12H2,1-4H3. The summed E-state index contributed by atoms with van der Waals surface area (Å²) in [6.07, 6.45) is 2.65. The van der Waals surface area contributed by atoms with E-state index in [2.05, 4.69) is 33.0 Å². The number of hydrogen-bond acceptors (Lipinski definition) is 2. The van der Waals surface area contributed by atoms with E-state index < -0.39 is 0 Å². The van der Waals surface area contributed by atoms with Crippen molar-refractivity contribution in [1.82, 2.24) is 5.32 Å². The summed E-state index contributed by atoms with van der Waals surface area (Å²) in [5, 5.41) is 3.62. The quantitative estimate of drug-likeness (QED) is 0.683. The molecule has 0 saturated heterocycles. The summed E-state index contributed by atoms with van der Waals surface area (Å²) in [6, 6.07) is 0. The van der Waals surface area contributed by atoms with Gasteiger partial charge in [-0.1, -0.05) is 20.8 Å². The van der Waals surface area contributed by atoms with Crippen molar-refractivity contribution in [2.75, 3.05) is 13.1 Å². The summed E-state index contributed by atoms with van der Waals surface area (Å²) >= 11 is 0. The Balaban J connectivity index is 2.49. The van der Waals surface area contributed by atoms with Gasteiger partial charge in [0, 0.05) is 12.1 Å². The Labute approximate surface area is 82.3 Å². The van der Waals surface area contributed by atoms with Crippen LogP contribution in [-0.2, 0) is 0 Å². The van der Waals surface area contributed by atoms with Gasteiger partial charge in [0.1, 0.15) is 0 Å². The molecule has 2 nitrogen and oxygen atoms in total. The fourth-order valence-corrected chi connectivity index (χ4v) is 1.70. The zero-order valence-corrected chi connectivity index (χ0v) is 9.48. The lowest BCUT2D eigenvalue weighted by Crippen LogP contribution is -2.55. The first-order chi connectivity index (χ1) is 5.93. The highest BCUT2D eigenvalue weighted by Gasteiger charge is 2.51. The molecule has 2 heteroatoms. The van der Waals surface area contributed by atoms with E-state index in [1.807, 2.05) is 0 Å². The van der Waals surface area contributed by atoms with Crippen LogP contribution in [0.2, 0.25) is 0 Å². The lowest BCUT2D eigenvalue weighted by Gasteiger charge is -2.37. The first-order valence-corrected chi connectivity index (χ1v) is 5.39. The van der Waals surface area contributed by atoms with Crippen molar-refractivity contribution in [3.63, 3.8) is 0 Å². The van der Waals surface area contributed by atoms with Crippen molar-refractivity contribution in [2.45, 2.75) is 46.1 Å². The van der Waals surface area contributed by atoms with Crippen LogP contribution in [0.25, 0.3) is 0 Å². The Morgan fingerprint density at radius 3 is 2.31 bits per heavy atom. The highest BCUT2D eigenvalue weighted by atomic mass is 15.0. The first kappa shape index (κ1) is 11.0. The third-order valence-electron chi connectivity index (χ3n) is 3.64. The molecule has 1 unspecified atom stereocenters. The molecule has 0 aromatic carbocycles. The van der Waals surface area contributed by atoms with Crippen molar-refractivity contribution >= 4 is 0 Å². The average molecular weight is 184 g/mol. The van der Waals surface area contributed by atoms with Gasteiger partial charge in [-0.2, -0.15) is 0 Å². The first-order valence-electron chi connectivity index (χ1n) is 5.39. The lowest BCUT2D eigenvalue weighted by molar-refractivity contribution is 0.224. The largest absolute Gasteiger partial charge is 0.329 e. The van der Waals surface area contributed by atoms with E-state index in [0.29, 0.717) is 11.3 Å². The number of nitrogens with two attached hydrogens (primary N) is 1. The second-order valence-corrected chi connectivity index (χ2v) is 5.37. The van der Waals surface area contributed by atoms with Gasteiger partial charge < -0.3 is 11.1 Å². The van der Waals surface area contributed by atoms with Gasteiger partial charge in [0.25, 0.3) is 0 Å². The molecule has 0 bridgehead atoms. The SMILES string of the molecule is CC(C)CNC(C)(CN)C1(C)CC1. The van der Waals surface area contributed by atoms with Crippen LogP contribution in [-0.4, -0.2) is 18.6 Å². The fraction of sp³-hybridized carbons (Fsp3) is 1.00. The van der Waals surface area contributed by atoms with Crippen molar-refractivity contribution < 1.29 is 0 Å². The normalized spacial score (nSPS) is 24.5.